The molecule has 24 heavy (non-hydrogen) atoms. The molecular weight excluding hydrogens is 312 g/mol. The molecule has 0 saturated heterocycles. The second-order valence-electron chi connectivity index (χ2n) is 7.44. The van der Waals surface area contributed by atoms with Crippen molar-refractivity contribution in [3.05, 3.63) is 29.6 Å². The predicted octanol–water partition coefficient (Wildman–Crippen LogP) is 5.21. The maximum atomic E-state index is 10.3. The molecule has 0 saturated carbocycles. The summed E-state index contributed by atoms with van der Waals surface area (Å²) in [6, 6.07) is 5.79. The van der Waals surface area contributed by atoms with Gasteiger partial charge >= 0.3 is 0 Å². The Morgan fingerprint density at radius 3 is 2.08 bits per heavy atom. The van der Waals surface area contributed by atoms with Crippen LogP contribution in [-0.4, -0.2) is 23.1 Å². The van der Waals surface area contributed by atoms with Crippen LogP contribution < -0.4 is 0 Å². The van der Waals surface area contributed by atoms with Crippen molar-refractivity contribution in [3.8, 4) is 17.3 Å². The molecule has 0 atom stereocenters. The molecule has 128 valence electrons. The van der Waals surface area contributed by atoms with Crippen LogP contribution >= 0.6 is 0 Å². The first-order chi connectivity index (χ1) is 11.2. The minimum atomic E-state index is -1.81. The molecule has 2 aromatic rings. The Morgan fingerprint density at radius 1 is 0.958 bits per heavy atom. The van der Waals surface area contributed by atoms with Crippen LogP contribution in [0, 0.1) is 18.4 Å². The zero-order chi connectivity index (χ0) is 18.1. The third-order valence-corrected chi connectivity index (χ3v) is 11.4. The number of nitrogens with zero attached hydrogens (tertiary/aromatic N) is 2. The Hall–Kier alpha value is -1.86. The van der Waals surface area contributed by atoms with Gasteiger partial charge in [-0.15, -0.1) is 5.54 Å². The first-order valence-corrected chi connectivity index (χ1v) is 10.9. The van der Waals surface area contributed by atoms with Crippen molar-refractivity contribution < 1.29 is 5.11 Å². The number of hydrogen-bond acceptors (Lipinski definition) is 3. The highest BCUT2D eigenvalue weighted by atomic mass is 28.3. The summed E-state index contributed by atoms with van der Waals surface area (Å²) in [5, 5.41) is 10.9. The molecule has 4 heteroatoms. The van der Waals surface area contributed by atoms with Crippen molar-refractivity contribution in [2.24, 2.45) is 0 Å². The second kappa shape index (κ2) is 6.94. The molecule has 1 N–H and O–H groups in total. The molecule has 0 fully saturated rings. The summed E-state index contributed by atoms with van der Waals surface area (Å²) in [6.07, 6.45) is 0. The van der Waals surface area contributed by atoms with Crippen molar-refractivity contribution in [3.63, 3.8) is 0 Å². The number of rotatable bonds is 3. The van der Waals surface area contributed by atoms with Gasteiger partial charge in [0.1, 0.15) is 13.9 Å². The van der Waals surface area contributed by atoms with E-state index in [4.69, 9.17) is 0 Å². The van der Waals surface area contributed by atoms with Crippen molar-refractivity contribution in [1.29, 1.82) is 0 Å². The number of hydrogen-bond donors (Lipinski definition) is 1. The van der Waals surface area contributed by atoms with Gasteiger partial charge in [0.2, 0.25) is 5.88 Å². The Balaban J connectivity index is 2.68. The fraction of sp³-hybridized carbons (Fsp3) is 0.500. The third kappa shape index (κ3) is 3.18. The lowest BCUT2D eigenvalue weighted by Gasteiger charge is -2.38. The molecular formula is C20H28N2OSi. The van der Waals surface area contributed by atoms with Gasteiger partial charge in [0, 0.05) is 5.56 Å². The molecule has 0 aliphatic carbocycles. The van der Waals surface area contributed by atoms with E-state index in [1.807, 2.05) is 18.2 Å². The number of aryl methyl sites for hydroxylation is 1. The molecule has 1 aromatic carbocycles. The largest absolute Gasteiger partial charge is 0.493 e. The lowest BCUT2D eigenvalue weighted by atomic mass is 10.1. The van der Waals surface area contributed by atoms with E-state index in [1.165, 1.54) is 0 Å². The van der Waals surface area contributed by atoms with E-state index >= 15 is 0 Å². The maximum absolute atomic E-state index is 10.3. The molecule has 1 heterocycles. The Labute approximate surface area is 146 Å². The van der Waals surface area contributed by atoms with Crippen molar-refractivity contribution in [2.75, 3.05) is 0 Å². The zero-order valence-electron chi connectivity index (χ0n) is 15.8. The van der Waals surface area contributed by atoms with Gasteiger partial charge < -0.3 is 5.11 Å². The second-order valence-corrected chi connectivity index (χ2v) is 13.0. The molecule has 2 rings (SSSR count). The number of fused-ring (bicyclic) bond motifs is 1. The number of aromatic hydroxyl groups is 1. The highest BCUT2D eigenvalue weighted by Crippen LogP contribution is 2.41. The fourth-order valence-corrected chi connectivity index (χ4v) is 9.21. The maximum Gasteiger partial charge on any atom is 0.223 e. The molecule has 0 aliphatic rings. The Bertz CT molecular complexity index is 779. The molecule has 3 nitrogen and oxygen atoms in total. The van der Waals surface area contributed by atoms with Crippen molar-refractivity contribution >= 4 is 19.0 Å². The molecule has 0 radical (unpaired) electrons. The zero-order valence-corrected chi connectivity index (χ0v) is 16.8. The van der Waals surface area contributed by atoms with Crippen LogP contribution in [0.4, 0.5) is 0 Å². The van der Waals surface area contributed by atoms with E-state index in [-0.39, 0.29) is 5.88 Å². The topological polar surface area (TPSA) is 46.0 Å². The van der Waals surface area contributed by atoms with Crippen LogP contribution in [-0.2, 0) is 0 Å². The summed E-state index contributed by atoms with van der Waals surface area (Å²) in [6.45, 7) is 15.6. The van der Waals surface area contributed by atoms with Gasteiger partial charge in [-0.1, -0.05) is 53.5 Å². The first kappa shape index (κ1) is 18.5. The molecule has 0 aliphatic heterocycles. The average molecular weight is 341 g/mol. The molecule has 1 aromatic heterocycles. The smallest absolute Gasteiger partial charge is 0.223 e. The molecule has 0 amide bonds. The lowest BCUT2D eigenvalue weighted by molar-refractivity contribution is 0.457. The van der Waals surface area contributed by atoms with E-state index in [0.717, 1.165) is 11.1 Å². The van der Waals surface area contributed by atoms with Crippen LogP contribution in [0.15, 0.2) is 18.2 Å². The highest BCUT2D eigenvalue weighted by molar-refractivity contribution is 6.90. The highest BCUT2D eigenvalue weighted by Gasteiger charge is 2.41. The lowest BCUT2D eigenvalue weighted by Crippen LogP contribution is -2.43. The predicted molar refractivity (Wildman–Crippen MR) is 104 cm³/mol. The summed E-state index contributed by atoms with van der Waals surface area (Å²) in [4.78, 5) is 8.52. The Kier molecular flexibility index (Phi) is 5.34. The van der Waals surface area contributed by atoms with E-state index in [9.17, 15) is 5.11 Å². The first-order valence-electron chi connectivity index (χ1n) is 8.69. The molecule has 0 unspecified atom stereocenters. The van der Waals surface area contributed by atoms with E-state index in [1.54, 1.807) is 6.92 Å². The van der Waals surface area contributed by atoms with Crippen LogP contribution in [0.5, 0.6) is 5.88 Å². The van der Waals surface area contributed by atoms with Crippen LogP contribution in [0.1, 0.15) is 52.9 Å². The van der Waals surface area contributed by atoms with Gasteiger partial charge in [0.25, 0.3) is 0 Å². The van der Waals surface area contributed by atoms with E-state index in [2.05, 4.69) is 63.0 Å². The summed E-state index contributed by atoms with van der Waals surface area (Å²) in [7, 11) is -1.81. The summed E-state index contributed by atoms with van der Waals surface area (Å²) >= 11 is 0. The SMILES string of the molecule is Cc1nc(O)c2c(C#C[Si](C(C)C)(C(C)C)C(C)C)cccc2n1. The summed E-state index contributed by atoms with van der Waals surface area (Å²) in [5.41, 5.74) is 7.00. The van der Waals surface area contributed by atoms with Gasteiger partial charge in [0.05, 0.1) is 10.9 Å². The minimum Gasteiger partial charge on any atom is -0.493 e. The number of aromatic nitrogens is 2. The van der Waals surface area contributed by atoms with Crippen molar-refractivity contribution in [1.82, 2.24) is 9.97 Å². The van der Waals surface area contributed by atoms with Crippen LogP contribution in [0.2, 0.25) is 16.6 Å². The van der Waals surface area contributed by atoms with Gasteiger partial charge in [0.15, 0.2) is 0 Å². The van der Waals surface area contributed by atoms with Crippen LogP contribution in [0.3, 0.4) is 0 Å². The van der Waals surface area contributed by atoms with Crippen molar-refractivity contribution in [2.45, 2.75) is 65.1 Å². The standard InChI is InChI=1S/C20H28N2OSi/c1-13(2)24(14(3)4,15(5)6)12-11-17-9-8-10-18-19(17)20(23)22-16(7)21-18/h8-10,13-15H,1-7H3,(H,21,22,23). The Morgan fingerprint density at radius 2 is 1.54 bits per heavy atom. The summed E-state index contributed by atoms with van der Waals surface area (Å²) in [5.74, 6) is 4.00. The normalized spacial score (nSPS) is 12.1. The van der Waals surface area contributed by atoms with Gasteiger partial charge in [-0.05, 0) is 35.7 Å². The summed E-state index contributed by atoms with van der Waals surface area (Å²) < 4.78 is 0. The molecule has 0 bridgehead atoms. The van der Waals surface area contributed by atoms with E-state index < -0.39 is 8.07 Å². The monoisotopic (exact) mass is 340 g/mol. The quantitative estimate of drug-likeness (QED) is 0.616. The minimum absolute atomic E-state index is 0.0216. The van der Waals surface area contributed by atoms with Gasteiger partial charge in [-0.3, -0.25) is 0 Å². The van der Waals surface area contributed by atoms with Gasteiger partial charge in [-0.2, -0.15) is 4.98 Å². The average Bonchev–Trinajstić information content (AvgIpc) is 2.46. The fourth-order valence-electron chi connectivity index (χ4n) is 3.99. The molecule has 0 spiro atoms. The van der Waals surface area contributed by atoms with Crippen LogP contribution in [0.25, 0.3) is 10.9 Å². The number of benzene rings is 1. The third-order valence-electron chi connectivity index (χ3n) is 5.10. The van der Waals surface area contributed by atoms with Gasteiger partial charge in [-0.25, -0.2) is 4.98 Å². The van der Waals surface area contributed by atoms with E-state index in [0.29, 0.717) is 27.8 Å².